The van der Waals surface area contributed by atoms with Crippen LogP contribution in [0.3, 0.4) is 0 Å². The number of esters is 3. The molecular weight excluding hydrogens is 516 g/mol. The molecule has 4 aliphatic rings. The average Bonchev–Trinajstić information content (AvgIpc) is 2.87. The van der Waals surface area contributed by atoms with E-state index in [1.54, 1.807) is 37.3 Å². The minimum absolute atomic E-state index is 0.0374. The van der Waals surface area contributed by atoms with Crippen molar-refractivity contribution in [2.75, 3.05) is 6.61 Å². The second-order valence-corrected chi connectivity index (χ2v) is 12.6. The Morgan fingerprint density at radius 1 is 1.05 bits per heavy atom. The van der Waals surface area contributed by atoms with Gasteiger partial charge in [0.1, 0.15) is 12.2 Å². The number of carbonyl (C=O) groups is 4. The molecule has 8 atom stereocenters. The quantitative estimate of drug-likeness (QED) is 0.437. The zero-order valence-corrected chi connectivity index (χ0v) is 23.9. The predicted molar refractivity (Wildman–Crippen MR) is 142 cm³/mol. The Bertz CT molecular complexity index is 1270. The van der Waals surface area contributed by atoms with E-state index >= 15 is 0 Å². The van der Waals surface area contributed by atoms with Gasteiger partial charge in [0.05, 0.1) is 24.2 Å². The molecule has 5 rings (SSSR count). The summed E-state index contributed by atoms with van der Waals surface area (Å²) in [5.41, 5.74) is -2.43. The van der Waals surface area contributed by atoms with Gasteiger partial charge in [-0.1, -0.05) is 45.9 Å². The maximum absolute atomic E-state index is 14.7. The van der Waals surface area contributed by atoms with Crippen LogP contribution >= 0.6 is 0 Å². The molecule has 9 nitrogen and oxygen atoms in total. The average molecular weight is 555 g/mol. The molecule has 1 heterocycles. The van der Waals surface area contributed by atoms with Crippen LogP contribution in [0.5, 0.6) is 0 Å². The standard InChI is InChI=1S/C31H38O9/c1-16-21(34)14-20-24(39-28(36)19-10-8-7-9-11-19)26-30(6,13-12-22-31(26,15-37-22)40-18(3)33)27(35)25(38-17(2)32)23(16)29(20,4)5/h7-11,16,20-22,24,26,34H,12-15H2,1-6H3/t16?,20?,21-,22+,24+,26-,30+,31-/m0/s1. The first-order chi connectivity index (χ1) is 18.7. The van der Waals surface area contributed by atoms with Gasteiger partial charge in [0.25, 0.3) is 0 Å². The number of fused-ring (bicyclic) bond motifs is 5. The third-order valence-corrected chi connectivity index (χ3v) is 9.87. The maximum atomic E-state index is 14.7. The van der Waals surface area contributed by atoms with Crippen LogP contribution in [0.1, 0.15) is 71.2 Å². The summed E-state index contributed by atoms with van der Waals surface area (Å²) in [6.45, 7) is 10.0. The molecule has 0 aromatic heterocycles. The number of benzene rings is 1. The number of aliphatic hydroxyl groups excluding tert-OH is 1. The molecule has 1 N–H and O–H groups in total. The molecule has 2 bridgehead atoms. The summed E-state index contributed by atoms with van der Waals surface area (Å²) in [6, 6.07) is 8.58. The van der Waals surface area contributed by atoms with Gasteiger partial charge in [0.2, 0.25) is 5.78 Å². The molecule has 1 saturated heterocycles. The molecule has 3 fully saturated rings. The zero-order valence-electron chi connectivity index (χ0n) is 23.9. The van der Waals surface area contributed by atoms with Crippen LogP contribution in [0, 0.1) is 28.6 Å². The molecule has 9 heteroatoms. The van der Waals surface area contributed by atoms with Crippen molar-refractivity contribution in [2.45, 2.75) is 84.7 Å². The number of ketones is 1. The Kier molecular flexibility index (Phi) is 6.98. The molecule has 0 radical (unpaired) electrons. The molecule has 1 aromatic carbocycles. The van der Waals surface area contributed by atoms with E-state index in [-0.39, 0.29) is 18.8 Å². The minimum atomic E-state index is -1.24. The topological polar surface area (TPSA) is 125 Å². The van der Waals surface area contributed by atoms with Crippen LogP contribution in [0.2, 0.25) is 0 Å². The Labute approximate surface area is 234 Å². The van der Waals surface area contributed by atoms with Gasteiger partial charge in [-0.3, -0.25) is 14.4 Å². The zero-order chi connectivity index (χ0) is 29.2. The van der Waals surface area contributed by atoms with E-state index in [1.165, 1.54) is 13.8 Å². The van der Waals surface area contributed by atoms with Crippen molar-refractivity contribution in [1.82, 2.24) is 0 Å². The van der Waals surface area contributed by atoms with E-state index in [9.17, 15) is 24.3 Å². The molecule has 2 saturated carbocycles. The first-order valence-corrected chi connectivity index (χ1v) is 14.0. The van der Waals surface area contributed by atoms with Crippen LogP contribution in [-0.4, -0.2) is 59.3 Å². The van der Waals surface area contributed by atoms with Crippen molar-refractivity contribution in [3.05, 3.63) is 47.2 Å². The summed E-state index contributed by atoms with van der Waals surface area (Å²) in [4.78, 5) is 53.2. The number of carbonyl (C=O) groups excluding carboxylic acids is 4. The fourth-order valence-corrected chi connectivity index (χ4v) is 7.99. The van der Waals surface area contributed by atoms with Gasteiger partial charge in [-0.2, -0.15) is 0 Å². The summed E-state index contributed by atoms with van der Waals surface area (Å²) in [7, 11) is 0. The van der Waals surface area contributed by atoms with Crippen molar-refractivity contribution < 1.29 is 43.2 Å². The lowest BCUT2D eigenvalue weighted by Gasteiger charge is -2.64. The number of hydrogen-bond donors (Lipinski definition) is 1. The predicted octanol–water partition coefficient (Wildman–Crippen LogP) is 3.77. The van der Waals surface area contributed by atoms with Crippen molar-refractivity contribution >= 4 is 23.7 Å². The maximum Gasteiger partial charge on any atom is 0.338 e. The smallest absolute Gasteiger partial charge is 0.338 e. The van der Waals surface area contributed by atoms with E-state index in [4.69, 9.17) is 18.9 Å². The van der Waals surface area contributed by atoms with E-state index in [0.717, 1.165) is 0 Å². The second-order valence-electron chi connectivity index (χ2n) is 12.6. The lowest BCUT2D eigenvalue weighted by molar-refractivity contribution is -0.320. The van der Waals surface area contributed by atoms with Crippen molar-refractivity contribution in [3.63, 3.8) is 0 Å². The fourth-order valence-electron chi connectivity index (χ4n) is 7.99. The number of aliphatic hydroxyl groups is 1. The molecule has 1 aromatic rings. The van der Waals surface area contributed by atoms with E-state index in [2.05, 4.69) is 0 Å². The van der Waals surface area contributed by atoms with Crippen LogP contribution in [-0.2, 0) is 33.3 Å². The molecule has 0 amide bonds. The Balaban J connectivity index is 1.78. The van der Waals surface area contributed by atoms with Crippen LogP contribution in [0.15, 0.2) is 41.7 Å². The molecular formula is C31H38O9. The van der Waals surface area contributed by atoms with Crippen LogP contribution in [0.4, 0.5) is 0 Å². The number of hydrogen-bond acceptors (Lipinski definition) is 9. The Morgan fingerprint density at radius 2 is 1.73 bits per heavy atom. The highest BCUT2D eigenvalue weighted by molar-refractivity contribution is 6.01. The SMILES string of the molecule is CC(=O)OC1=C2C(C)[C@@H](O)CC([C@@H](OC(=O)c3ccccc3)[C@@H]3[C@]4(OC(C)=O)CO[C@@H]4CC[C@@]3(C)C1=O)C2(C)C. The molecule has 40 heavy (non-hydrogen) atoms. The van der Waals surface area contributed by atoms with Crippen molar-refractivity contribution in [1.29, 1.82) is 0 Å². The molecule has 0 spiro atoms. The summed E-state index contributed by atoms with van der Waals surface area (Å²) in [6.07, 6.45) is -1.28. The van der Waals surface area contributed by atoms with Crippen molar-refractivity contribution in [2.24, 2.45) is 28.6 Å². The van der Waals surface area contributed by atoms with Gasteiger partial charge in [-0.25, -0.2) is 4.79 Å². The summed E-state index contributed by atoms with van der Waals surface area (Å²) >= 11 is 0. The molecule has 3 aliphatic carbocycles. The third kappa shape index (κ3) is 4.20. The van der Waals surface area contributed by atoms with E-state index in [0.29, 0.717) is 24.0 Å². The second kappa shape index (κ2) is 9.80. The lowest BCUT2D eigenvalue weighted by atomic mass is 9.47. The van der Waals surface area contributed by atoms with Gasteiger partial charge in [-0.15, -0.1) is 0 Å². The van der Waals surface area contributed by atoms with E-state index < -0.39 is 76.2 Å². The van der Waals surface area contributed by atoms with E-state index in [1.807, 2.05) is 20.8 Å². The minimum Gasteiger partial charge on any atom is -0.458 e. The summed E-state index contributed by atoms with van der Waals surface area (Å²) in [5.74, 6) is -4.05. The summed E-state index contributed by atoms with van der Waals surface area (Å²) < 4.78 is 24.0. The molecule has 2 unspecified atom stereocenters. The molecule has 1 aliphatic heterocycles. The summed E-state index contributed by atoms with van der Waals surface area (Å²) in [5, 5.41) is 11.3. The highest BCUT2D eigenvalue weighted by atomic mass is 16.6. The normalized spacial score (nSPS) is 38.0. The first kappa shape index (κ1) is 28.5. The number of ether oxygens (including phenoxy) is 4. The highest BCUT2D eigenvalue weighted by Gasteiger charge is 2.72. The Morgan fingerprint density at radius 3 is 2.30 bits per heavy atom. The fraction of sp³-hybridized carbons (Fsp3) is 0.613. The monoisotopic (exact) mass is 554 g/mol. The third-order valence-electron chi connectivity index (χ3n) is 9.87. The number of Topliss-reactive ketones (excluding diaryl/α,β-unsaturated/α-hetero) is 1. The first-order valence-electron chi connectivity index (χ1n) is 14.0. The largest absolute Gasteiger partial charge is 0.458 e. The lowest BCUT2D eigenvalue weighted by Crippen LogP contribution is -2.75. The van der Waals surface area contributed by atoms with Gasteiger partial charge in [-0.05, 0) is 42.4 Å². The van der Waals surface area contributed by atoms with Gasteiger partial charge in [0, 0.05) is 31.1 Å². The highest BCUT2D eigenvalue weighted by Crippen LogP contribution is 2.63. The van der Waals surface area contributed by atoms with Crippen molar-refractivity contribution in [3.8, 4) is 0 Å². The number of allylic oxidation sites excluding steroid dienone is 1. The van der Waals surface area contributed by atoms with Crippen LogP contribution < -0.4 is 0 Å². The molecule has 216 valence electrons. The van der Waals surface area contributed by atoms with Gasteiger partial charge < -0.3 is 24.1 Å². The van der Waals surface area contributed by atoms with Gasteiger partial charge in [0.15, 0.2) is 11.4 Å². The number of rotatable bonds is 4. The van der Waals surface area contributed by atoms with Gasteiger partial charge >= 0.3 is 17.9 Å². The van der Waals surface area contributed by atoms with Crippen LogP contribution in [0.25, 0.3) is 0 Å². The Hall–Kier alpha value is -3.04.